The van der Waals surface area contributed by atoms with Crippen LogP contribution in [0.4, 0.5) is 0 Å². The lowest BCUT2D eigenvalue weighted by Crippen LogP contribution is -2.41. The minimum Gasteiger partial charge on any atom is -0.335 e. The van der Waals surface area contributed by atoms with Crippen LogP contribution in [0.2, 0.25) is 0 Å². The Morgan fingerprint density at radius 2 is 2.18 bits per heavy atom. The lowest BCUT2D eigenvalue weighted by Gasteiger charge is -2.33. The number of amides is 1. The van der Waals surface area contributed by atoms with Gasteiger partial charge in [-0.25, -0.2) is 4.98 Å². The first-order valence-electron chi connectivity index (χ1n) is 6.45. The summed E-state index contributed by atoms with van der Waals surface area (Å²) in [5, 5.41) is 2.84. The maximum absolute atomic E-state index is 12.4. The molecule has 4 heteroatoms. The minimum atomic E-state index is 0.115. The molecule has 0 aromatic carbocycles. The van der Waals surface area contributed by atoms with Crippen molar-refractivity contribution in [3.8, 4) is 0 Å². The van der Waals surface area contributed by atoms with Gasteiger partial charge in [-0.3, -0.25) is 4.79 Å². The van der Waals surface area contributed by atoms with E-state index in [9.17, 15) is 4.79 Å². The van der Waals surface area contributed by atoms with E-state index in [1.165, 1.54) is 19.3 Å². The van der Waals surface area contributed by atoms with Crippen LogP contribution in [0.5, 0.6) is 0 Å². The van der Waals surface area contributed by atoms with Crippen molar-refractivity contribution in [2.75, 3.05) is 6.54 Å². The molecule has 0 unspecified atom stereocenters. The van der Waals surface area contributed by atoms with E-state index in [1.54, 1.807) is 11.3 Å². The smallest absolute Gasteiger partial charge is 0.273 e. The van der Waals surface area contributed by atoms with Gasteiger partial charge in [0.2, 0.25) is 0 Å². The maximum atomic E-state index is 12.4. The predicted molar refractivity (Wildman–Crippen MR) is 70.4 cm³/mol. The van der Waals surface area contributed by atoms with E-state index in [2.05, 4.69) is 11.9 Å². The second kappa shape index (κ2) is 5.63. The number of rotatable bonds is 3. The van der Waals surface area contributed by atoms with Crippen LogP contribution in [-0.2, 0) is 0 Å². The lowest BCUT2D eigenvalue weighted by atomic mass is 9.94. The summed E-state index contributed by atoms with van der Waals surface area (Å²) in [5.74, 6) is 0.115. The summed E-state index contributed by atoms with van der Waals surface area (Å²) >= 11 is 1.55. The summed E-state index contributed by atoms with van der Waals surface area (Å²) < 4.78 is 0. The highest BCUT2D eigenvalue weighted by Crippen LogP contribution is 2.24. The van der Waals surface area contributed by atoms with Gasteiger partial charge in [-0.2, -0.15) is 0 Å². The molecule has 0 radical (unpaired) electrons. The first-order chi connectivity index (χ1) is 8.22. The molecule has 1 aromatic rings. The Labute approximate surface area is 107 Å². The minimum absolute atomic E-state index is 0.115. The van der Waals surface area contributed by atoms with Gasteiger partial charge in [0.25, 0.3) is 5.91 Å². The third kappa shape index (κ3) is 2.86. The molecule has 2 rings (SSSR count). The molecule has 1 saturated carbocycles. The first-order valence-corrected chi connectivity index (χ1v) is 7.33. The van der Waals surface area contributed by atoms with Crippen LogP contribution in [0, 0.1) is 6.92 Å². The summed E-state index contributed by atoms with van der Waals surface area (Å²) in [6.07, 6.45) is 6.14. The van der Waals surface area contributed by atoms with Crippen molar-refractivity contribution < 1.29 is 4.79 Å². The zero-order chi connectivity index (χ0) is 12.3. The lowest BCUT2D eigenvalue weighted by molar-refractivity contribution is 0.0642. The van der Waals surface area contributed by atoms with E-state index in [0.717, 1.165) is 24.4 Å². The zero-order valence-electron chi connectivity index (χ0n) is 10.6. The normalized spacial score (nSPS) is 17.1. The van der Waals surface area contributed by atoms with Crippen molar-refractivity contribution in [2.24, 2.45) is 0 Å². The third-order valence-corrected chi connectivity index (χ3v) is 4.23. The first kappa shape index (κ1) is 12.6. The molecule has 0 N–H and O–H groups in total. The molecule has 1 aromatic heterocycles. The van der Waals surface area contributed by atoms with Crippen LogP contribution >= 0.6 is 11.3 Å². The fourth-order valence-electron chi connectivity index (χ4n) is 2.57. The Morgan fingerprint density at radius 1 is 1.47 bits per heavy atom. The highest BCUT2D eigenvalue weighted by molar-refractivity contribution is 7.09. The van der Waals surface area contributed by atoms with Gasteiger partial charge in [0.1, 0.15) is 5.69 Å². The highest BCUT2D eigenvalue weighted by atomic mass is 32.1. The molecule has 3 nitrogen and oxygen atoms in total. The average Bonchev–Trinajstić information content (AvgIpc) is 2.78. The summed E-state index contributed by atoms with van der Waals surface area (Å²) in [4.78, 5) is 18.7. The number of aromatic nitrogens is 1. The van der Waals surface area contributed by atoms with Gasteiger partial charge in [-0.15, -0.1) is 11.3 Å². The quantitative estimate of drug-likeness (QED) is 0.827. The number of thiazole rings is 1. The van der Waals surface area contributed by atoms with Crippen LogP contribution in [0.25, 0.3) is 0 Å². The summed E-state index contributed by atoms with van der Waals surface area (Å²) in [7, 11) is 0. The van der Waals surface area contributed by atoms with Gasteiger partial charge >= 0.3 is 0 Å². The fourth-order valence-corrected chi connectivity index (χ4v) is 3.16. The van der Waals surface area contributed by atoms with Crippen molar-refractivity contribution in [1.29, 1.82) is 0 Å². The Morgan fingerprint density at radius 3 is 2.71 bits per heavy atom. The van der Waals surface area contributed by atoms with Crippen LogP contribution in [0.1, 0.15) is 54.5 Å². The van der Waals surface area contributed by atoms with Crippen molar-refractivity contribution in [2.45, 2.75) is 52.0 Å². The molecule has 0 spiro atoms. The second-order valence-electron chi connectivity index (χ2n) is 4.63. The van der Waals surface area contributed by atoms with Crippen molar-refractivity contribution >= 4 is 17.2 Å². The third-order valence-electron chi connectivity index (χ3n) is 3.46. The number of carbonyl (C=O) groups is 1. The van der Waals surface area contributed by atoms with Gasteiger partial charge in [0.05, 0.1) is 5.01 Å². The summed E-state index contributed by atoms with van der Waals surface area (Å²) in [5.41, 5.74) is 0.625. The van der Waals surface area contributed by atoms with E-state index >= 15 is 0 Å². The number of carbonyl (C=O) groups excluding carboxylic acids is 1. The average molecular weight is 252 g/mol. The van der Waals surface area contributed by atoms with Gasteiger partial charge in [0.15, 0.2) is 0 Å². The summed E-state index contributed by atoms with van der Waals surface area (Å²) in [6.45, 7) is 4.80. The van der Waals surface area contributed by atoms with Crippen molar-refractivity contribution in [3.63, 3.8) is 0 Å². The molecule has 1 aliphatic carbocycles. The largest absolute Gasteiger partial charge is 0.335 e. The highest BCUT2D eigenvalue weighted by Gasteiger charge is 2.26. The van der Waals surface area contributed by atoms with E-state index in [0.29, 0.717) is 11.7 Å². The molecule has 94 valence electrons. The molecular formula is C13H20N2OS. The SMILES string of the molecule is CCN(C(=O)c1csc(C)n1)C1CCCCC1. The second-order valence-corrected chi connectivity index (χ2v) is 5.70. The number of nitrogens with zero attached hydrogens (tertiary/aromatic N) is 2. The fraction of sp³-hybridized carbons (Fsp3) is 0.692. The van der Waals surface area contributed by atoms with Crippen LogP contribution in [0.3, 0.4) is 0 Å². The number of hydrogen-bond donors (Lipinski definition) is 0. The zero-order valence-corrected chi connectivity index (χ0v) is 11.4. The van der Waals surface area contributed by atoms with Crippen LogP contribution < -0.4 is 0 Å². The number of hydrogen-bond acceptors (Lipinski definition) is 3. The topological polar surface area (TPSA) is 33.2 Å². The Balaban J connectivity index is 2.09. The molecule has 1 amide bonds. The van der Waals surface area contributed by atoms with Crippen LogP contribution in [-0.4, -0.2) is 28.4 Å². The molecule has 0 aliphatic heterocycles. The Hall–Kier alpha value is -0.900. The van der Waals surface area contributed by atoms with Gasteiger partial charge in [0, 0.05) is 18.0 Å². The molecule has 0 saturated heterocycles. The van der Waals surface area contributed by atoms with E-state index < -0.39 is 0 Å². The van der Waals surface area contributed by atoms with Gasteiger partial charge < -0.3 is 4.90 Å². The molecule has 1 fully saturated rings. The van der Waals surface area contributed by atoms with Gasteiger partial charge in [-0.05, 0) is 26.7 Å². The maximum Gasteiger partial charge on any atom is 0.273 e. The van der Waals surface area contributed by atoms with Crippen molar-refractivity contribution in [1.82, 2.24) is 9.88 Å². The predicted octanol–water partition coefficient (Wildman–Crippen LogP) is 3.25. The molecule has 0 atom stereocenters. The molecule has 17 heavy (non-hydrogen) atoms. The van der Waals surface area contributed by atoms with E-state index in [1.807, 2.05) is 17.2 Å². The van der Waals surface area contributed by atoms with Crippen LogP contribution in [0.15, 0.2) is 5.38 Å². The molecule has 0 bridgehead atoms. The Kier molecular flexibility index (Phi) is 4.15. The standard InChI is InChI=1S/C13H20N2OS/c1-3-15(11-7-5-4-6-8-11)13(16)12-9-17-10(2)14-12/h9,11H,3-8H2,1-2H3. The van der Waals surface area contributed by atoms with E-state index in [-0.39, 0.29) is 5.91 Å². The van der Waals surface area contributed by atoms with Gasteiger partial charge in [-0.1, -0.05) is 19.3 Å². The molecular weight excluding hydrogens is 232 g/mol. The van der Waals surface area contributed by atoms with Crippen molar-refractivity contribution in [3.05, 3.63) is 16.1 Å². The summed E-state index contributed by atoms with van der Waals surface area (Å²) in [6, 6.07) is 0.434. The molecule has 1 aliphatic rings. The Bertz CT molecular complexity index is 383. The number of aryl methyl sites for hydroxylation is 1. The van der Waals surface area contributed by atoms with E-state index in [4.69, 9.17) is 0 Å². The molecule has 1 heterocycles. The monoisotopic (exact) mass is 252 g/mol.